The van der Waals surface area contributed by atoms with E-state index in [9.17, 15) is 0 Å². The zero-order valence-corrected chi connectivity index (χ0v) is 19.3. The molecule has 0 unspecified atom stereocenters. The van der Waals surface area contributed by atoms with Crippen LogP contribution < -0.4 is 4.74 Å². The van der Waals surface area contributed by atoms with Crippen molar-refractivity contribution in [3.8, 4) is 39.4 Å². The summed E-state index contributed by atoms with van der Waals surface area (Å²) in [6, 6.07) is 10.0. The molecule has 9 nitrogen and oxygen atoms in total. The topological polar surface area (TPSA) is 109 Å². The quantitative estimate of drug-likeness (QED) is 0.350. The number of nitrogens with zero attached hydrogens (tertiary/aromatic N) is 5. The maximum atomic E-state index is 5.86. The van der Waals surface area contributed by atoms with Crippen molar-refractivity contribution in [3.05, 3.63) is 67.6 Å². The summed E-state index contributed by atoms with van der Waals surface area (Å²) in [5.41, 5.74) is 7.05. The lowest BCUT2D eigenvalue weighted by Gasteiger charge is -2.11. The second kappa shape index (κ2) is 8.69. The molecule has 0 spiro atoms. The number of aromatic amines is 2. The van der Waals surface area contributed by atoms with Gasteiger partial charge in [0, 0.05) is 52.6 Å². The Morgan fingerprint density at radius 3 is 2.74 bits per heavy atom. The Labute approximate surface area is 200 Å². The van der Waals surface area contributed by atoms with Gasteiger partial charge in [0.2, 0.25) is 0 Å². The van der Waals surface area contributed by atoms with Crippen LogP contribution in [-0.4, -0.2) is 62.3 Å². The van der Waals surface area contributed by atoms with Crippen molar-refractivity contribution in [2.45, 2.75) is 0 Å². The number of H-pyrrole nitrogens is 2. The number of nitrogens with one attached hydrogen (secondary N) is 2. The largest absolute Gasteiger partial charge is 0.491 e. The molecule has 6 aromatic heterocycles. The number of likely N-dealkylation sites (N-methyl/N-ethyl adjacent to an activating group) is 1. The molecule has 0 fully saturated rings. The molecule has 0 saturated heterocycles. The molecule has 0 bridgehead atoms. The molecule has 2 N–H and O–H groups in total. The highest BCUT2D eigenvalue weighted by molar-refractivity contribution is 5.99. The van der Waals surface area contributed by atoms with Gasteiger partial charge in [-0.3, -0.25) is 10.1 Å². The van der Waals surface area contributed by atoms with Crippen LogP contribution in [0, 0.1) is 0 Å². The van der Waals surface area contributed by atoms with Gasteiger partial charge in [-0.25, -0.2) is 9.97 Å². The summed E-state index contributed by atoms with van der Waals surface area (Å²) in [5.74, 6) is 0.727. The van der Waals surface area contributed by atoms with E-state index in [1.165, 1.54) is 0 Å². The molecule has 0 aromatic carbocycles. The number of hydrogen-bond donors (Lipinski definition) is 2. The van der Waals surface area contributed by atoms with E-state index in [0.717, 1.165) is 62.4 Å². The van der Waals surface area contributed by atoms with E-state index in [-0.39, 0.29) is 0 Å². The fourth-order valence-electron chi connectivity index (χ4n) is 4.10. The number of pyridine rings is 3. The molecule has 0 aliphatic rings. The van der Waals surface area contributed by atoms with Gasteiger partial charge in [0.25, 0.3) is 0 Å². The van der Waals surface area contributed by atoms with Crippen LogP contribution in [0.4, 0.5) is 0 Å². The SMILES string of the molecule is CN(C)CCOc1cncc(-c2cnc3n[nH]c(-c4cc5c(-c6ccoc6)ccnc5[nH]4)c3c2)c1. The third-order valence-electron chi connectivity index (χ3n) is 5.90. The Bertz CT molecular complexity index is 1620. The summed E-state index contributed by atoms with van der Waals surface area (Å²) in [7, 11) is 4.03. The lowest BCUT2D eigenvalue weighted by atomic mass is 10.1. The fraction of sp³-hybridized carbons (Fsp3) is 0.154. The third-order valence-corrected chi connectivity index (χ3v) is 5.90. The Hall–Kier alpha value is -4.50. The van der Waals surface area contributed by atoms with Crippen molar-refractivity contribution >= 4 is 22.1 Å². The van der Waals surface area contributed by atoms with Gasteiger partial charge in [0.15, 0.2) is 5.65 Å². The average molecular weight is 466 g/mol. The van der Waals surface area contributed by atoms with Crippen molar-refractivity contribution in [1.29, 1.82) is 0 Å². The van der Waals surface area contributed by atoms with Crippen LogP contribution in [0.25, 0.3) is 55.7 Å². The van der Waals surface area contributed by atoms with Gasteiger partial charge in [-0.1, -0.05) is 0 Å². The standard InChI is InChI=1S/C26H23N7O2/c1-33(2)6-8-35-19-9-17(12-27-14-19)18-10-22-24(31-32-26(22)29-13-18)23-11-21-20(16-4-7-34-15-16)3-5-28-25(21)30-23/h3-5,7,9-15H,6,8H2,1-2H3,(H,28,30)(H,29,31,32). The van der Waals surface area contributed by atoms with E-state index >= 15 is 0 Å². The van der Waals surface area contributed by atoms with Gasteiger partial charge in [-0.05, 0) is 50.0 Å². The number of hydrogen-bond acceptors (Lipinski definition) is 7. The zero-order chi connectivity index (χ0) is 23.8. The minimum absolute atomic E-state index is 0.594. The first-order valence-electron chi connectivity index (χ1n) is 11.2. The van der Waals surface area contributed by atoms with Crippen molar-refractivity contribution in [3.63, 3.8) is 0 Å². The molecule has 0 atom stereocenters. The fourth-order valence-corrected chi connectivity index (χ4v) is 4.10. The number of ether oxygens (including phenoxy) is 1. The Kier molecular flexibility index (Phi) is 5.23. The summed E-state index contributed by atoms with van der Waals surface area (Å²) in [6.45, 7) is 1.42. The molecular formula is C26H23N7O2. The number of furan rings is 1. The van der Waals surface area contributed by atoms with Gasteiger partial charge in [-0.15, -0.1) is 0 Å². The minimum atomic E-state index is 0.594. The highest BCUT2D eigenvalue weighted by atomic mass is 16.5. The monoisotopic (exact) mass is 465 g/mol. The summed E-state index contributed by atoms with van der Waals surface area (Å²) in [5, 5.41) is 9.45. The molecule has 174 valence electrons. The molecule has 6 aromatic rings. The van der Waals surface area contributed by atoms with Crippen LogP contribution in [0.3, 0.4) is 0 Å². The van der Waals surface area contributed by atoms with Gasteiger partial charge < -0.3 is 19.0 Å². The van der Waals surface area contributed by atoms with E-state index < -0.39 is 0 Å². The Morgan fingerprint density at radius 2 is 1.89 bits per heavy atom. The molecule has 6 heterocycles. The van der Waals surface area contributed by atoms with Gasteiger partial charge >= 0.3 is 0 Å². The van der Waals surface area contributed by atoms with E-state index in [1.807, 2.05) is 38.5 Å². The molecule has 35 heavy (non-hydrogen) atoms. The molecule has 0 aliphatic carbocycles. The van der Waals surface area contributed by atoms with Crippen molar-refractivity contribution in [2.75, 3.05) is 27.2 Å². The van der Waals surface area contributed by atoms with Crippen LogP contribution in [0.2, 0.25) is 0 Å². The van der Waals surface area contributed by atoms with Crippen LogP contribution in [0.15, 0.2) is 72.1 Å². The van der Waals surface area contributed by atoms with E-state index in [0.29, 0.717) is 12.3 Å². The lowest BCUT2D eigenvalue weighted by Crippen LogP contribution is -2.19. The molecule has 0 radical (unpaired) electrons. The minimum Gasteiger partial charge on any atom is -0.491 e. The molecule has 9 heteroatoms. The maximum absolute atomic E-state index is 5.86. The highest BCUT2D eigenvalue weighted by Crippen LogP contribution is 2.34. The summed E-state index contributed by atoms with van der Waals surface area (Å²) >= 11 is 0. The smallest absolute Gasteiger partial charge is 0.181 e. The molecular weight excluding hydrogens is 442 g/mol. The maximum Gasteiger partial charge on any atom is 0.181 e. The third kappa shape index (κ3) is 4.02. The first-order valence-corrected chi connectivity index (χ1v) is 11.2. The van der Waals surface area contributed by atoms with Gasteiger partial charge in [-0.2, -0.15) is 5.10 Å². The molecule has 0 aliphatic heterocycles. The van der Waals surface area contributed by atoms with Gasteiger partial charge in [0.05, 0.1) is 30.1 Å². The van der Waals surface area contributed by atoms with E-state index in [2.05, 4.69) is 47.2 Å². The Balaban J connectivity index is 1.38. The predicted octanol–water partition coefficient (Wildman–Crippen LogP) is 4.76. The second-order valence-electron chi connectivity index (χ2n) is 8.57. The second-order valence-corrected chi connectivity index (χ2v) is 8.57. The van der Waals surface area contributed by atoms with Crippen LogP contribution in [0.5, 0.6) is 5.75 Å². The molecule has 0 saturated carbocycles. The number of aromatic nitrogens is 6. The first-order chi connectivity index (χ1) is 17.2. The van der Waals surface area contributed by atoms with Crippen LogP contribution in [0.1, 0.15) is 0 Å². The average Bonchev–Trinajstić information content (AvgIpc) is 3.62. The van der Waals surface area contributed by atoms with Crippen molar-refractivity contribution in [1.82, 2.24) is 35.0 Å². The van der Waals surface area contributed by atoms with Crippen LogP contribution in [-0.2, 0) is 0 Å². The van der Waals surface area contributed by atoms with Crippen molar-refractivity contribution in [2.24, 2.45) is 0 Å². The van der Waals surface area contributed by atoms with Crippen molar-refractivity contribution < 1.29 is 9.15 Å². The normalized spacial score (nSPS) is 11.6. The number of rotatable bonds is 7. The summed E-state index contributed by atoms with van der Waals surface area (Å²) in [6.07, 6.45) is 10.5. The van der Waals surface area contributed by atoms with Crippen LogP contribution >= 0.6 is 0 Å². The summed E-state index contributed by atoms with van der Waals surface area (Å²) in [4.78, 5) is 18.9. The van der Waals surface area contributed by atoms with E-state index in [4.69, 9.17) is 9.15 Å². The molecule has 6 rings (SSSR count). The predicted molar refractivity (Wildman–Crippen MR) is 134 cm³/mol. The first kappa shape index (κ1) is 21.1. The lowest BCUT2D eigenvalue weighted by molar-refractivity contribution is 0.261. The van der Waals surface area contributed by atoms with E-state index in [1.54, 1.807) is 31.1 Å². The number of fused-ring (bicyclic) bond motifs is 2. The summed E-state index contributed by atoms with van der Waals surface area (Å²) < 4.78 is 11.1. The highest BCUT2D eigenvalue weighted by Gasteiger charge is 2.15. The molecule has 0 amide bonds. The zero-order valence-electron chi connectivity index (χ0n) is 19.3. The van der Waals surface area contributed by atoms with Gasteiger partial charge in [0.1, 0.15) is 18.0 Å². The Morgan fingerprint density at radius 1 is 0.971 bits per heavy atom.